The van der Waals surface area contributed by atoms with Crippen LogP contribution in [0.5, 0.6) is 0 Å². The van der Waals surface area contributed by atoms with Gasteiger partial charge < -0.3 is 10.6 Å². The van der Waals surface area contributed by atoms with Crippen molar-refractivity contribution in [2.75, 3.05) is 10.6 Å². The monoisotopic (exact) mass is 468 g/mol. The van der Waals surface area contributed by atoms with Gasteiger partial charge in [-0.25, -0.2) is 0 Å². The number of carbonyl (C=O) groups is 2. The van der Waals surface area contributed by atoms with Crippen LogP contribution < -0.4 is 10.6 Å². The van der Waals surface area contributed by atoms with Crippen molar-refractivity contribution in [3.8, 4) is 0 Å². The van der Waals surface area contributed by atoms with Gasteiger partial charge in [-0.15, -0.1) is 0 Å². The van der Waals surface area contributed by atoms with E-state index in [4.69, 9.17) is 46.4 Å². The SMILES string of the molecule is O=C(Nc1ccc(Cl)c(Cl)c1)[C@@H]1[C@H](C(=O)Nc2ccc(Cl)c(Cl)c2)[C@H]2C=C[C@H]1C2. The minimum Gasteiger partial charge on any atom is -0.326 e. The second-order valence-corrected chi connectivity index (χ2v) is 8.86. The lowest BCUT2D eigenvalue weighted by molar-refractivity contribution is -0.129. The summed E-state index contributed by atoms with van der Waals surface area (Å²) in [5.41, 5.74) is 1.08. The maximum atomic E-state index is 13.0. The number of rotatable bonds is 4. The van der Waals surface area contributed by atoms with E-state index in [-0.39, 0.29) is 23.7 Å². The van der Waals surface area contributed by atoms with Gasteiger partial charge in [0.25, 0.3) is 0 Å². The van der Waals surface area contributed by atoms with Gasteiger partial charge in [0.1, 0.15) is 0 Å². The van der Waals surface area contributed by atoms with E-state index in [2.05, 4.69) is 10.6 Å². The number of halogens is 4. The van der Waals surface area contributed by atoms with Crippen LogP contribution in [0.15, 0.2) is 48.6 Å². The Hall–Kier alpha value is -1.72. The first-order valence-corrected chi connectivity index (χ1v) is 10.5. The summed E-state index contributed by atoms with van der Waals surface area (Å²) in [6.45, 7) is 0. The zero-order valence-corrected chi connectivity index (χ0v) is 18.0. The molecule has 0 aliphatic heterocycles. The fourth-order valence-electron chi connectivity index (χ4n) is 4.14. The van der Waals surface area contributed by atoms with Crippen LogP contribution in [-0.4, -0.2) is 11.8 Å². The van der Waals surface area contributed by atoms with Crippen molar-refractivity contribution in [2.24, 2.45) is 23.7 Å². The Kier molecular flexibility index (Phi) is 5.80. The molecule has 2 aromatic carbocycles. The smallest absolute Gasteiger partial charge is 0.228 e. The Balaban J connectivity index is 1.53. The lowest BCUT2D eigenvalue weighted by atomic mass is 9.81. The summed E-state index contributed by atoms with van der Waals surface area (Å²) in [5, 5.41) is 7.26. The standard InChI is InChI=1S/C21H16Cl4N2O2/c22-14-5-3-12(8-16(14)24)26-20(28)18-10-1-2-11(7-10)19(18)21(29)27-13-4-6-15(23)17(25)9-13/h1-6,8-11,18-19H,7H2,(H,26,28)(H,27,29)/t10-,11-,18-,19+/m0/s1. The molecular weight excluding hydrogens is 454 g/mol. The minimum atomic E-state index is -0.470. The van der Waals surface area contributed by atoms with Crippen molar-refractivity contribution in [3.63, 3.8) is 0 Å². The molecule has 2 N–H and O–H groups in total. The molecule has 4 atom stereocenters. The largest absolute Gasteiger partial charge is 0.326 e. The first-order valence-electron chi connectivity index (χ1n) is 9.03. The van der Waals surface area contributed by atoms with Gasteiger partial charge in [-0.05, 0) is 54.7 Å². The van der Waals surface area contributed by atoms with E-state index in [9.17, 15) is 9.59 Å². The number of anilines is 2. The summed E-state index contributed by atoms with van der Waals surface area (Å²) in [6.07, 6.45) is 4.82. The van der Waals surface area contributed by atoms with Gasteiger partial charge in [-0.2, -0.15) is 0 Å². The first-order chi connectivity index (χ1) is 13.8. The number of fused-ring (bicyclic) bond motifs is 2. The fourth-order valence-corrected chi connectivity index (χ4v) is 4.73. The van der Waals surface area contributed by atoms with Crippen molar-refractivity contribution >= 4 is 69.6 Å². The molecule has 0 aromatic heterocycles. The highest BCUT2D eigenvalue weighted by atomic mass is 35.5. The molecule has 0 heterocycles. The van der Waals surface area contributed by atoms with E-state index in [1.807, 2.05) is 12.2 Å². The molecule has 0 saturated heterocycles. The quantitative estimate of drug-likeness (QED) is 0.515. The molecule has 8 heteroatoms. The normalized spacial score (nSPS) is 24.6. The second-order valence-electron chi connectivity index (χ2n) is 7.24. The Morgan fingerprint density at radius 3 is 1.48 bits per heavy atom. The summed E-state index contributed by atoms with van der Waals surface area (Å²) < 4.78 is 0. The van der Waals surface area contributed by atoms with Crippen LogP contribution in [0.2, 0.25) is 20.1 Å². The highest BCUT2D eigenvalue weighted by Crippen LogP contribution is 2.49. The van der Waals surface area contributed by atoms with Crippen LogP contribution in [0.4, 0.5) is 11.4 Å². The predicted molar refractivity (Wildman–Crippen MR) is 118 cm³/mol. The average Bonchev–Trinajstić information content (AvgIpc) is 3.29. The molecule has 0 spiro atoms. The molecule has 1 saturated carbocycles. The zero-order valence-electron chi connectivity index (χ0n) is 15.0. The predicted octanol–water partition coefficient (Wildman–Crippen LogP) is 6.32. The molecular formula is C21H16Cl4N2O2. The lowest BCUT2D eigenvalue weighted by Gasteiger charge is -2.26. The molecule has 150 valence electrons. The molecule has 2 aliphatic carbocycles. The Morgan fingerprint density at radius 1 is 0.690 bits per heavy atom. The van der Waals surface area contributed by atoms with E-state index in [1.165, 1.54) is 0 Å². The van der Waals surface area contributed by atoms with Crippen LogP contribution in [0.1, 0.15) is 6.42 Å². The van der Waals surface area contributed by atoms with Crippen LogP contribution in [-0.2, 0) is 9.59 Å². The van der Waals surface area contributed by atoms with Gasteiger partial charge in [0.05, 0.1) is 31.9 Å². The molecule has 0 unspecified atom stereocenters. The van der Waals surface area contributed by atoms with Gasteiger partial charge in [-0.3, -0.25) is 9.59 Å². The van der Waals surface area contributed by atoms with Crippen molar-refractivity contribution in [1.82, 2.24) is 0 Å². The van der Waals surface area contributed by atoms with Gasteiger partial charge in [-0.1, -0.05) is 58.6 Å². The van der Waals surface area contributed by atoms with Crippen LogP contribution in [0.25, 0.3) is 0 Å². The molecule has 29 heavy (non-hydrogen) atoms. The molecule has 0 radical (unpaired) electrons. The number of carbonyl (C=O) groups excluding carboxylic acids is 2. The van der Waals surface area contributed by atoms with E-state index in [0.29, 0.717) is 31.5 Å². The van der Waals surface area contributed by atoms with Gasteiger partial charge in [0, 0.05) is 11.4 Å². The Bertz CT molecular complexity index is 944. The summed E-state index contributed by atoms with van der Waals surface area (Å²) in [6, 6.07) is 9.79. The number of nitrogens with one attached hydrogen (secondary N) is 2. The van der Waals surface area contributed by atoms with Crippen molar-refractivity contribution in [3.05, 3.63) is 68.6 Å². The summed E-state index contributed by atoms with van der Waals surface area (Å²) in [5.74, 6) is -1.33. The topological polar surface area (TPSA) is 58.2 Å². The first kappa shape index (κ1) is 20.5. The third-order valence-corrected chi connectivity index (χ3v) is 6.92. The van der Waals surface area contributed by atoms with Gasteiger partial charge in [0.2, 0.25) is 11.8 Å². The number of hydrogen-bond acceptors (Lipinski definition) is 2. The molecule has 2 bridgehead atoms. The van der Waals surface area contributed by atoms with E-state index in [1.54, 1.807) is 36.4 Å². The molecule has 2 amide bonds. The lowest BCUT2D eigenvalue weighted by Crippen LogP contribution is -2.39. The van der Waals surface area contributed by atoms with Crippen molar-refractivity contribution in [2.45, 2.75) is 6.42 Å². The number of amides is 2. The summed E-state index contributed by atoms with van der Waals surface area (Å²) >= 11 is 23.9. The zero-order chi connectivity index (χ0) is 20.7. The molecule has 1 fully saturated rings. The third kappa shape index (κ3) is 4.13. The maximum absolute atomic E-state index is 13.0. The van der Waals surface area contributed by atoms with Crippen molar-refractivity contribution in [1.29, 1.82) is 0 Å². The van der Waals surface area contributed by atoms with Crippen molar-refractivity contribution < 1.29 is 9.59 Å². The second kappa shape index (κ2) is 8.19. The van der Waals surface area contributed by atoms with E-state index >= 15 is 0 Å². The number of benzene rings is 2. The van der Waals surface area contributed by atoms with Gasteiger partial charge in [0.15, 0.2) is 0 Å². The number of allylic oxidation sites excluding steroid dienone is 2. The Morgan fingerprint density at radius 2 is 1.10 bits per heavy atom. The molecule has 4 nitrogen and oxygen atoms in total. The highest BCUT2D eigenvalue weighted by Gasteiger charge is 2.51. The highest BCUT2D eigenvalue weighted by molar-refractivity contribution is 6.42. The van der Waals surface area contributed by atoms with Gasteiger partial charge >= 0.3 is 0 Å². The minimum absolute atomic E-state index is 0.0207. The molecule has 2 aromatic rings. The average molecular weight is 470 g/mol. The van der Waals surface area contributed by atoms with Crippen LogP contribution in [0, 0.1) is 23.7 Å². The number of hydrogen-bond donors (Lipinski definition) is 2. The summed E-state index contributed by atoms with van der Waals surface area (Å²) in [4.78, 5) is 26.1. The van der Waals surface area contributed by atoms with E-state index in [0.717, 1.165) is 6.42 Å². The van der Waals surface area contributed by atoms with Crippen LogP contribution >= 0.6 is 46.4 Å². The molecule has 4 rings (SSSR count). The van der Waals surface area contributed by atoms with Crippen LogP contribution in [0.3, 0.4) is 0 Å². The fraction of sp³-hybridized carbons (Fsp3) is 0.238. The van der Waals surface area contributed by atoms with E-state index < -0.39 is 11.8 Å². The maximum Gasteiger partial charge on any atom is 0.228 e. The summed E-state index contributed by atoms with van der Waals surface area (Å²) in [7, 11) is 0. The Labute approximate surface area is 188 Å². The third-order valence-electron chi connectivity index (χ3n) is 5.44. The molecule has 2 aliphatic rings.